The van der Waals surface area contributed by atoms with Crippen molar-refractivity contribution in [1.82, 2.24) is 0 Å². The van der Waals surface area contributed by atoms with Crippen molar-refractivity contribution in [2.45, 2.75) is 31.3 Å². The van der Waals surface area contributed by atoms with Crippen LogP contribution in [-0.2, 0) is 4.74 Å². The molecule has 0 spiro atoms. The van der Waals surface area contributed by atoms with E-state index in [0.29, 0.717) is 18.0 Å². The van der Waals surface area contributed by atoms with Gasteiger partial charge in [0.05, 0.1) is 25.5 Å². The summed E-state index contributed by atoms with van der Waals surface area (Å²) >= 11 is 0. The van der Waals surface area contributed by atoms with Gasteiger partial charge in [0.25, 0.3) is 0 Å². The lowest BCUT2D eigenvalue weighted by molar-refractivity contribution is 0.336. The fraction of sp³-hybridized carbons (Fsp3) is 0.667. The Labute approximate surface area is 89.9 Å². The molecule has 1 aliphatic heterocycles. The van der Waals surface area contributed by atoms with Crippen molar-refractivity contribution in [3.8, 4) is 0 Å². The minimum atomic E-state index is 0.433. The Morgan fingerprint density at radius 2 is 1.93 bits per heavy atom. The molecule has 2 saturated carbocycles. The van der Waals surface area contributed by atoms with Crippen LogP contribution in [0, 0.1) is 11.8 Å². The van der Waals surface area contributed by atoms with Crippen molar-refractivity contribution in [3.05, 3.63) is 24.0 Å². The number of fused-ring (bicyclic) bond motifs is 2. The topological polar surface area (TPSA) is 34.0 Å². The quantitative estimate of drug-likeness (QED) is 0.514. The van der Waals surface area contributed by atoms with Gasteiger partial charge in [-0.1, -0.05) is 6.08 Å². The molecule has 3 rings (SSSR count). The number of rotatable bonds is 3. The minimum Gasteiger partial charge on any atom is -0.505 e. The zero-order valence-corrected chi connectivity index (χ0v) is 8.97. The Kier molecular flexibility index (Phi) is 2.11. The number of allylic oxidation sites excluding steroid dienone is 2. The molecule has 2 fully saturated rings. The maximum Gasteiger partial charge on any atom is 0.0940 e. The van der Waals surface area contributed by atoms with Gasteiger partial charge in [-0.05, 0) is 42.7 Å². The summed E-state index contributed by atoms with van der Waals surface area (Å²) in [6.07, 6.45) is 10.1. The summed E-state index contributed by atoms with van der Waals surface area (Å²) in [4.78, 5) is 0. The van der Waals surface area contributed by atoms with E-state index in [4.69, 9.17) is 4.74 Å². The second-order valence-electron chi connectivity index (χ2n) is 4.63. The molecule has 2 bridgehead atoms. The van der Waals surface area contributed by atoms with Crippen LogP contribution in [0.5, 0.6) is 0 Å². The second-order valence-corrected chi connectivity index (χ2v) is 4.63. The maximum atomic E-state index is 4.93. The molecule has 0 saturated heterocycles. The molecule has 0 aromatic carbocycles. The first-order valence-corrected chi connectivity index (χ1v) is 5.69. The van der Waals surface area contributed by atoms with Crippen molar-refractivity contribution in [2.24, 2.45) is 22.1 Å². The number of nitrogens with zero attached hydrogens (tertiary/aromatic N) is 2. The standard InChI is InChI=1S/C12H16N2O/c1-15-5-4-8-6-9(8)7-10-11-2-3-12(10)14-13-11/h4-5,7-9,11-12H,2-3,6H2,1H3/b5-4+,10-7?/t8-,9-,11?,12?/m1/s1. The largest absolute Gasteiger partial charge is 0.505 e. The summed E-state index contributed by atoms with van der Waals surface area (Å²) < 4.78 is 4.93. The Balaban J connectivity index is 1.63. The second kappa shape index (κ2) is 3.47. The van der Waals surface area contributed by atoms with Gasteiger partial charge in [0, 0.05) is 0 Å². The van der Waals surface area contributed by atoms with E-state index in [1.165, 1.54) is 24.8 Å². The van der Waals surface area contributed by atoms with E-state index in [1.807, 2.05) is 0 Å². The highest BCUT2D eigenvalue weighted by molar-refractivity contribution is 5.29. The zero-order valence-electron chi connectivity index (χ0n) is 8.97. The Hall–Kier alpha value is -1.12. The summed E-state index contributed by atoms with van der Waals surface area (Å²) in [7, 11) is 1.70. The minimum absolute atomic E-state index is 0.433. The lowest BCUT2D eigenvalue weighted by Gasteiger charge is -1.99. The molecular weight excluding hydrogens is 188 g/mol. The van der Waals surface area contributed by atoms with Gasteiger partial charge in [0.2, 0.25) is 0 Å². The van der Waals surface area contributed by atoms with Crippen molar-refractivity contribution in [1.29, 1.82) is 0 Å². The van der Waals surface area contributed by atoms with Crippen molar-refractivity contribution in [3.63, 3.8) is 0 Å². The molecule has 0 amide bonds. The van der Waals surface area contributed by atoms with Gasteiger partial charge < -0.3 is 4.74 Å². The van der Waals surface area contributed by atoms with Crippen LogP contribution in [0.1, 0.15) is 19.3 Å². The van der Waals surface area contributed by atoms with Crippen LogP contribution in [0.25, 0.3) is 0 Å². The number of hydrogen-bond donors (Lipinski definition) is 0. The normalized spacial score (nSPS) is 41.5. The molecule has 0 aromatic rings. The molecule has 3 heteroatoms. The third kappa shape index (κ3) is 1.60. The van der Waals surface area contributed by atoms with E-state index in [-0.39, 0.29) is 0 Å². The molecule has 4 atom stereocenters. The van der Waals surface area contributed by atoms with Gasteiger partial charge in [-0.2, -0.15) is 10.2 Å². The highest BCUT2D eigenvalue weighted by Gasteiger charge is 2.40. The van der Waals surface area contributed by atoms with Gasteiger partial charge >= 0.3 is 0 Å². The van der Waals surface area contributed by atoms with Gasteiger partial charge in [-0.3, -0.25) is 0 Å². The Morgan fingerprint density at radius 3 is 2.53 bits per heavy atom. The van der Waals surface area contributed by atoms with Crippen LogP contribution in [0.4, 0.5) is 0 Å². The average molecular weight is 204 g/mol. The van der Waals surface area contributed by atoms with Crippen molar-refractivity contribution in [2.75, 3.05) is 7.11 Å². The first-order chi connectivity index (χ1) is 7.38. The number of ether oxygens (including phenoxy) is 1. The molecule has 0 radical (unpaired) electrons. The molecular formula is C12H16N2O. The van der Waals surface area contributed by atoms with E-state index in [9.17, 15) is 0 Å². The smallest absolute Gasteiger partial charge is 0.0940 e. The number of azo groups is 1. The summed E-state index contributed by atoms with van der Waals surface area (Å²) in [5.41, 5.74) is 1.49. The molecule has 2 unspecified atom stereocenters. The fourth-order valence-corrected chi connectivity index (χ4v) is 2.58. The summed E-state index contributed by atoms with van der Waals surface area (Å²) in [6, 6.07) is 0.866. The summed E-state index contributed by atoms with van der Waals surface area (Å²) in [6.45, 7) is 0. The number of methoxy groups -OCH3 is 1. The lowest BCUT2D eigenvalue weighted by Crippen LogP contribution is -1.99. The van der Waals surface area contributed by atoms with Gasteiger partial charge in [0.15, 0.2) is 0 Å². The molecule has 1 heterocycles. The van der Waals surface area contributed by atoms with Crippen LogP contribution >= 0.6 is 0 Å². The summed E-state index contributed by atoms with van der Waals surface area (Å²) in [5, 5.41) is 8.53. The fourth-order valence-electron chi connectivity index (χ4n) is 2.58. The van der Waals surface area contributed by atoms with E-state index in [1.54, 1.807) is 13.4 Å². The zero-order chi connectivity index (χ0) is 10.3. The van der Waals surface area contributed by atoms with E-state index in [2.05, 4.69) is 22.4 Å². The van der Waals surface area contributed by atoms with E-state index >= 15 is 0 Å². The van der Waals surface area contributed by atoms with Crippen LogP contribution in [-0.4, -0.2) is 19.2 Å². The summed E-state index contributed by atoms with van der Waals surface area (Å²) in [5.74, 6) is 1.41. The van der Waals surface area contributed by atoms with Crippen LogP contribution < -0.4 is 0 Å². The van der Waals surface area contributed by atoms with Crippen LogP contribution in [0.3, 0.4) is 0 Å². The van der Waals surface area contributed by atoms with Gasteiger partial charge in [0.1, 0.15) is 0 Å². The van der Waals surface area contributed by atoms with Crippen molar-refractivity contribution >= 4 is 0 Å². The molecule has 2 aliphatic carbocycles. The highest BCUT2D eigenvalue weighted by Crippen LogP contribution is 2.45. The van der Waals surface area contributed by atoms with Crippen LogP contribution in [0.2, 0.25) is 0 Å². The van der Waals surface area contributed by atoms with Crippen LogP contribution in [0.15, 0.2) is 34.2 Å². The average Bonchev–Trinajstić information content (AvgIpc) is 2.77. The molecule has 3 aliphatic rings. The first-order valence-electron chi connectivity index (χ1n) is 5.69. The lowest BCUT2D eigenvalue weighted by atomic mass is 10.1. The highest BCUT2D eigenvalue weighted by atomic mass is 16.5. The monoisotopic (exact) mass is 204 g/mol. The first kappa shape index (κ1) is 9.13. The van der Waals surface area contributed by atoms with E-state index < -0.39 is 0 Å². The molecule has 80 valence electrons. The van der Waals surface area contributed by atoms with Gasteiger partial charge in [-0.15, -0.1) is 0 Å². The molecule has 0 aromatic heterocycles. The molecule has 15 heavy (non-hydrogen) atoms. The Morgan fingerprint density at radius 1 is 1.20 bits per heavy atom. The predicted octanol–water partition coefficient (Wildman–Crippen LogP) is 2.71. The third-order valence-corrected chi connectivity index (χ3v) is 3.59. The third-order valence-electron chi connectivity index (χ3n) is 3.59. The van der Waals surface area contributed by atoms with E-state index in [0.717, 1.165) is 5.92 Å². The van der Waals surface area contributed by atoms with Gasteiger partial charge in [-0.25, -0.2) is 0 Å². The molecule has 3 nitrogen and oxygen atoms in total. The maximum absolute atomic E-state index is 4.93. The van der Waals surface area contributed by atoms with Crippen molar-refractivity contribution < 1.29 is 4.74 Å². The number of hydrogen-bond acceptors (Lipinski definition) is 3. The predicted molar refractivity (Wildman–Crippen MR) is 57.5 cm³/mol. The molecule has 0 N–H and O–H groups in total. The Bertz CT molecular complexity index is 330. The SMILES string of the molecule is CO/C=C/[C@@H]1C[C@@H]1C=C1C2CCC1N=N2.